The second-order valence-corrected chi connectivity index (χ2v) is 3.42. The lowest BCUT2D eigenvalue weighted by atomic mass is 9.85. The molecule has 3 nitrogen and oxygen atoms in total. The van der Waals surface area contributed by atoms with E-state index in [9.17, 15) is 0 Å². The minimum Gasteiger partial charge on any atom is -0.359 e. The van der Waals surface area contributed by atoms with Crippen molar-refractivity contribution in [3.63, 3.8) is 0 Å². The molecule has 0 bridgehead atoms. The maximum Gasteiger partial charge on any atom is 0.160 e. The van der Waals surface area contributed by atoms with Gasteiger partial charge in [-0.15, -0.1) is 0 Å². The normalized spacial score (nSPS) is 11.2. The molecule has 0 unspecified atom stereocenters. The van der Waals surface area contributed by atoms with E-state index < -0.39 is 0 Å². The van der Waals surface area contributed by atoms with Crippen LogP contribution in [0.5, 0.6) is 0 Å². The van der Waals surface area contributed by atoms with Crippen molar-refractivity contribution in [3.8, 4) is 6.07 Å². The third-order valence-corrected chi connectivity index (χ3v) is 2.19. The van der Waals surface area contributed by atoms with Gasteiger partial charge in [-0.25, -0.2) is 0 Å². The van der Waals surface area contributed by atoms with E-state index in [4.69, 9.17) is 9.78 Å². The summed E-state index contributed by atoms with van der Waals surface area (Å²) >= 11 is 0. The number of nitriles is 1. The second-order valence-electron chi connectivity index (χ2n) is 3.42. The Hall–Kier alpha value is -1.30. The van der Waals surface area contributed by atoms with Crippen LogP contribution in [0.25, 0.3) is 0 Å². The van der Waals surface area contributed by atoms with Gasteiger partial charge in [-0.1, -0.05) is 25.9 Å². The topological polar surface area (TPSA) is 49.8 Å². The number of nitrogens with zero attached hydrogens (tertiary/aromatic N) is 2. The predicted octanol–water partition coefficient (Wildman–Crippen LogP) is 2.23. The van der Waals surface area contributed by atoms with Gasteiger partial charge in [-0.05, 0) is 6.42 Å². The van der Waals surface area contributed by atoms with Crippen LogP contribution in [0.4, 0.5) is 0 Å². The number of hydrogen-bond acceptors (Lipinski definition) is 3. The summed E-state index contributed by atoms with van der Waals surface area (Å²) in [6.07, 6.45) is 2.39. The van der Waals surface area contributed by atoms with E-state index in [2.05, 4.69) is 18.1 Å². The lowest BCUT2D eigenvalue weighted by Gasteiger charge is -2.18. The molecule has 1 aromatic heterocycles. The van der Waals surface area contributed by atoms with E-state index in [1.54, 1.807) is 0 Å². The van der Waals surface area contributed by atoms with Crippen molar-refractivity contribution in [2.45, 2.75) is 32.6 Å². The fourth-order valence-corrected chi connectivity index (χ4v) is 0.968. The van der Waals surface area contributed by atoms with Crippen molar-refractivity contribution in [1.29, 1.82) is 5.26 Å². The molecule has 0 spiro atoms. The lowest BCUT2D eigenvalue weighted by Crippen LogP contribution is -2.15. The van der Waals surface area contributed by atoms with Crippen molar-refractivity contribution < 1.29 is 4.52 Å². The first kappa shape index (κ1) is 8.79. The predicted molar refractivity (Wildman–Crippen MR) is 44.5 cm³/mol. The van der Waals surface area contributed by atoms with Gasteiger partial charge in [0, 0.05) is 5.41 Å². The number of aromatic nitrogens is 1. The SMILES string of the molecule is CCC(C)(C)c1oncc1C#N. The zero-order chi connectivity index (χ0) is 9.19. The Kier molecular flexibility index (Phi) is 2.18. The molecule has 0 amide bonds. The zero-order valence-corrected chi connectivity index (χ0v) is 7.59. The van der Waals surface area contributed by atoms with Crippen molar-refractivity contribution in [3.05, 3.63) is 17.5 Å². The van der Waals surface area contributed by atoms with Gasteiger partial charge in [0.15, 0.2) is 5.76 Å². The van der Waals surface area contributed by atoms with E-state index in [1.807, 2.05) is 13.8 Å². The smallest absolute Gasteiger partial charge is 0.160 e. The summed E-state index contributed by atoms with van der Waals surface area (Å²) in [6, 6.07) is 2.06. The second kappa shape index (κ2) is 2.98. The van der Waals surface area contributed by atoms with Gasteiger partial charge in [0.05, 0.1) is 6.20 Å². The highest BCUT2D eigenvalue weighted by Gasteiger charge is 2.26. The molecule has 0 aliphatic heterocycles. The van der Waals surface area contributed by atoms with Crippen LogP contribution in [0.15, 0.2) is 10.7 Å². The van der Waals surface area contributed by atoms with Crippen molar-refractivity contribution in [1.82, 2.24) is 5.16 Å². The molecular formula is C9H12N2O. The van der Waals surface area contributed by atoms with Gasteiger partial charge in [0.1, 0.15) is 11.6 Å². The zero-order valence-electron chi connectivity index (χ0n) is 7.59. The molecule has 0 atom stereocenters. The summed E-state index contributed by atoms with van der Waals surface area (Å²) in [7, 11) is 0. The average molecular weight is 164 g/mol. The molecule has 12 heavy (non-hydrogen) atoms. The molecule has 0 saturated heterocycles. The molecule has 1 aromatic rings. The maximum atomic E-state index is 8.72. The molecule has 0 aromatic carbocycles. The highest BCUT2D eigenvalue weighted by Crippen LogP contribution is 2.28. The number of rotatable bonds is 2. The van der Waals surface area contributed by atoms with E-state index in [-0.39, 0.29) is 5.41 Å². The molecule has 1 rings (SSSR count). The van der Waals surface area contributed by atoms with Crippen molar-refractivity contribution in [2.75, 3.05) is 0 Å². The van der Waals surface area contributed by atoms with E-state index in [1.165, 1.54) is 6.20 Å². The van der Waals surface area contributed by atoms with Crippen LogP contribution >= 0.6 is 0 Å². The minimum atomic E-state index is -0.0957. The standard InChI is InChI=1S/C9H12N2O/c1-4-9(2,3)8-7(5-10)6-11-12-8/h6H,4H2,1-3H3. The van der Waals surface area contributed by atoms with Gasteiger partial charge in [0.2, 0.25) is 0 Å². The summed E-state index contributed by atoms with van der Waals surface area (Å²) in [5.74, 6) is 0.688. The van der Waals surface area contributed by atoms with Crippen molar-refractivity contribution in [2.24, 2.45) is 0 Å². The Morgan fingerprint density at radius 1 is 1.67 bits per heavy atom. The molecule has 0 aliphatic carbocycles. The van der Waals surface area contributed by atoms with Gasteiger partial charge >= 0.3 is 0 Å². The molecular weight excluding hydrogens is 152 g/mol. The van der Waals surface area contributed by atoms with E-state index >= 15 is 0 Å². The van der Waals surface area contributed by atoms with Gasteiger partial charge in [0.25, 0.3) is 0 Å². The van der Waals surface area contributed by atoms with E-state index in [0.717, 1.165) is 6.42 Å². The number of hydrogen-bond donors (Lipinski definition) is 0. The van der Waals surface area contributed by atoms with Crippen LogP contribution in [0.3, 0.4) is 0 Å². The summed E-state index contributed by atoms with van der Waals surface area (Å²) in [6.45, 7) is 6.13. The molecule has 0 N–H and O–H groups in total. The quantitative estimate of drug-likeness (QED) is 0.673. The first-order chi connectivity index (χ1) is 5.61. The highest BCUT2D eigenvalue weighted by atomic mass is 16.5. The van der Waals surface area contributed by atoms with Crippen molar-refractivity contribution >= 4 is 0 Å². The Bertz CT molecular complexity index is 307. The Morgan fingerprint density at radius 2 is 2.33 bits per heavy atom. The van der Waals surface area contributed by atoms with E-state index in [0.29, 0.717) is 11.3 Å². The van der Waals surface area contributed by atoms with Crippen LogP contribution in [0, 0.1) is 11.3 Å². The lowest BCUT2D eigenvalue weighted by molar-refractivity contribution is 0.310. The van der Waals surface area contributed by atoms with Gasteiger partial charge in [-0.3, -0.25) is 0 Å². The monoisotopic (exact) mass is 164 g/mol. The van der Waals surface area contributed by atoms with Crippen LogP contribution in [0.2, 0.25) is 0 Å². The fourth-order valence-electron chi connectivity index (χ4n) is 0.968. The van der Waals surface area contributed by atoms with Gasteiger partial charge in [-0.2, -0.15) is 5.26 Å². The first-order valence-electron chi connectivity index (χ1n) is 3.97. The average Bonchev–Trinajstić information content (AvgIpc) is 2.52. The van der Waals surface area contributed by atoms with Crippen LogP contribution in [-0.4, -0.2) is 5.16 Å². The largest absolute Gasteiger partial charge is 0.359 e. The molecule has 0 aliphatic rings. The third kappa shape index (κ3) is 1.33. The Balaban J connectivity index is 3.11. The molecule has 0 fully saturated rings. The fraction of sp³-hybridized carbons (Fsp3) is 0.556. The Labute approximate surface area is 72.0 Å². The first-order valence-corrected chi connectivity index (χ1v) is 3.97. The molecule has 64 valence electrons. The van der Waals surface area contributed by atoms with Crippen LogP contribution in [-0.2, 0) is 5.41 Å². The molecule has 0 radical (unpaired) electrons. The molecule has 3 heteroatoms. The minimum absolute atomic E-state index is 0.0957. The Morgan fingerprint density at radius 3 is 2.83 bits per heavy atom. The maximum absolute atomic E-state index is 8.72. The van der Waals surface area contributed by atoms with Gasteiger partial charge < -0.3 is 4.52 Å². The summed E-state index contributed by atoms with van der Waals surface area (Å²) in [4.78, 5) is 0. The summed E-state index contributed by atoms with van der Waals surface area (Å²) in [5.41, 5.74) is 0.448. The summed E-state index contributed by atoms with van der Waals surface area (Å²) in [5, 5.41) is 12.3. The highest BCUT2D eigenvalue weighted by molar-refractivity contribution is 5.32. The van der Waals surface area contributed by atoms with Crippen LogP contribution < -0.4 is 0 Å². The molecule has 0 saturated carbocycles. The summed E-state index contributed by atoms with van der Waals surface area (Å²) < 4.78 is 5.04. The third-order valence-electron chi connectivity index (χ3n) is 2.19. The molecule has 1 heterocycles. The van der Waals surface area contributed by atoms with Crippen LogP contribution in [0.1, 0.15) is 38.5 Å².